The van der Waals surface area contributed by atoms with Gasteiger partial charge in [0.2, 0.25) is 0 Å². The average Bonchev–Trinajstić information content (AvgIpc) is 2.80. The second-order valence-electron chi connectivity index (χ2n) is 7.62. The molecule has 4 bridgehead atoms. The molecule has 0 saturated heterocycles. The Labute approximate surface area is 120 Å². The van der Waals surface area contributed by atoms with E-state index in [4.69, 9.17) is 5.84 Å². The molecule has 4 aliphatic carbocycles. The Morgan fingerprint density at radius 2 is 1.90 bits per heavy atom. The van der Waals surface area contributed by atoms with Gasteiger partial charge in [0.1, 0.15) is 0 Å². The molecule has 0 radical (unpaired) electrons. The van der Waals surface area contributed by atoms with Crippen LogP contribution in [0.4, 0.5) is 0 Å². The van der Waals surface area contributed by atoms with Crippen molar-refractivity contribution >= 4 is 0 Å². The molecule has 1 aromatic rings. The van der Waals surface area contributed by atoms with E-state index in [2.05, 4.69) is 15.7 Å². The predicted octanol–water partition coefficient (Wildman–Crippen LogP) is 1.93. The predicted molar refractivity (Wildman–Crippen MR) is 76.3 cm³/mol. The fourth-order valence-electron chi connectivity index (χ4n) is 5.84. The first-order valence-corrected chi connectivity index (χ1v) is 7.98. The van der Waals surface area contributed by atoms with E-state index in [1.165, 1.54) is 38.5 Å². The van der Waals surface area contributed by atoms with Crippen molar-refractivity contribution in [1.82, 2.24) is 20.4 Å². The molecule has 0 aliphatic heterocycles. The molecule has 0 amide bonds. The maximum absolute atomic E-state index is 5.84. The standard InChI is InChI=1S/C15H25N5/c1-20-14(9-17-19-20)13(18-16)8-15-5-10-2-11(6-15)4-12(3-10)7-15/h9-13,18H,2-8,16H2,1H3. The van der Waals surface area contributed by atoms with Gasteiger partial charge in [0, 0.05) is 7.05 Å². The monoisotopic (exact) mass is 275 g/mol. The fourth-order valence-corrected chi connectivity index (χ4v) is 5.84. The summed E-state index contributed by atoms with van der Waals surface area (Å²) in [6, 6.07) is 0.186. The summed E-state index contributed by atoms with van der Waals surface area (Å²) in [5.41, 5.74) is 4.66. The van der Waals surface area contributed by atoms with Crippen LogP contribution in [-0.4, -0.2) is 15.0 Å². The second kappa shape index (κ2) is 4.53. The van der Waals surface area contributed by atoms with E-state index in [1.54, 1.807) is 0 Å². The zero-order valence-electron chi connectivity index (χ0n) is 12.3. The Morgan fingerprint density at radius 3 is 2.35 bits per heavy atom. The second-order valence-corrected chi connectivity index (χ2v) is 7.62. The highest BCUT2D eigenvalue weighted by Gasteiger charge is 2.51. The summed E-state index contributed by atoms with van der Waals surface area (Å²) in [5.74, 6) is 8.81. The van der Waals surface area contributed by atoms with Crippen LogP contribution >= 0.6 is 0 Å². The number of nitrogens with zero attached hydrogens (tertiary/aromatic N) is 3. The quantitative estimate of drug-likeness (QED) is 0.651. The lowest BCUT2D eigenvalue weighted by Crippen LogP contribution is -2.48. The van der Waals surface area contributed by atoms with Crippen molar-refractivity contribution in [2.45, 2.75) is 51.0 Å². The van der Waals surface area contributed by atoms with Gasteiger partial charge in [-0.1, -0.05) is 5.21 Å². The molecular formula is C15H25N5. The van der Waals surface area contributed by atoms with E-state index < -0.39 is 0 Å². The third kappa shape index (κ3) is 1.99. The summed E-state index contributed by atoms with van der Waals surface area (Å²) in [6.07, 6.45) is 11.7. The molecule has 1 atom stereocenters. The smallest absolute Gasteiger partial charge is 0.0766 e. The molecule has 0 spiro atoms. The van der Waals surface area contributed by atoms with Crippen LogP contribution < -0.4 is 11.3 Å². The molecule has 1 unspecified atom stereocenters. The van der Waals surface area contributed by atoms with Crippen LogP contribution in [0.25, 0.3) is 0 Å². The molecule has 3 N–H and O–H groups in total. The Bertz CT molecular complexity index is 459. The van der Waals surface area contributed by atoms with Crippen molar-refractivity contribution in [3.63, 3.8) is 0 Å². The van der Waals surface area contributed by atoms with Crippen molar-refractivity contribution in [1.29, 1.82) is 0 Å². The summed E-state index contributed by atoms with van der Waals surface area (Å²) in [6.45, 7) is 0. The van der Waals surface area contributed by atoms with Crippen molar-refractivity contribution < 1.29 is 0 Å². The maximum Gasteiger partial charge on any atom is 0.0766 e. The minimum Gasteiger partial charge on any atom is -0.271 e. The zero-order valence-corrected chi connectivity index (χ0v) is 12.3. The molecule has 110 valence electrons. The maximum atomic E-state index is 5.84. The van der Waals surface area contributed by atoms with E-state index in [1.807, 2.05) is 17.9 Å². The number of rotatable bonds is 4. The van der Waals surface area contributed by atoms with E-state index in [0.717, 1.165) is 29.9 Å². The SMILES string of the molecule is Cn1nncc1C(CC12CC3CC(CC(C3)C1)C2)NN. The van der Waals surface area contributed by atoms with Crippen LogP contribution in [0, 0.1) is 23.2 Å². The van der Waals surface area contributed by atoms with Crippen LogP contribution in [0.15, 0.2) is 6.20 Å². The van der Waals surface area contributed by atoms with Gasteiger partial charge >= 0.3 is 0 Å². The Morgan fingerprint density at radius 1 is 1.30 bits per heavy atom. The normalized spacial score (nSPS) is 40.2. The van der Waals surface area contributed by atoms with Gasteiger partial charge < -0.3 is 0 Å². The Balaban J connectivity index is 1.57. The van der Waals surface area contributed by atoms with Gasteiger partial charge in [-0.3, -0.25) is 16.0 Å². The number of hydrogen-bond donors (Lipinski definition) is 2. The Kier molecular flexibility index (Phi) is 2.89. The number of nitrogens with one attached hydrogen (secondary N) is 1. The minimum atomic E-state index is 0.186. The van der Waals surface area contributed by atoms with Crippen molar-refractivity contribution in [2.75, 3.05) is 0 Å². The van der Waals surface area contributed by atoms with Gasteiger partial charge in [-0.15, -0.1) is 5.10 Å². The molecule has 5 rings (SSSR count). The molecule has 5 heteroatoms. The van der Waals surface area contributed by atoms with Crippen LogP contribution in [0.5, 0.6) is 0 Å². The lowest BCUT2D eigenvalue weighted by molar-refractivity contribution is -0.0626. The molecular weight excluding hydrogens is 250 g/mol. The first-order chi connectivity index (χ1) is 9.67. The third-order valence-corrected chi connectivity index (χ3v) is 6.11. The molecule has 20 heavy (non-hydrogen) atoms. The molecule has 4 aliphatic rings. The highest BCUT2D eigenvalue weighted by molar-refractivity contribution is 5.08. The van der Waals surface area contributed by atoms with E-state index >= 15 is 0 Å². The molecule has 4 saturated carbocycles. The van der Waals surface area contributed by atoms with Crippen LogP contribution in [0.1, 0.15) is 56.7 Å². The first-order valence-electron chi connectivity index (χ1n) is 7.98. The van der Waals surface area contributed by atoms with E-state index in [9.17, 15) is 0 Å². The molecule has 4 fully saturated rings. The number of hydrazine groups is 1. The summed E-state index contributed by atoms with van der Waals surface area (Å²) in [7, 11) is 1.95. The zero-order chi connectivity index (χ0) is 13.7. The van der Waals surface area contributed by atoms with Crippen molar-refractivity contribution in [2.24, 2.45) is 36.1 Å². The molecule has 1 aromatic heterocycles. The highest BCUT2D eigenvalue weighted by atomic mass is 15.4. The Hall–Kier alpha value is -0.940. The van der Waals surface area contributed by atoms with Gasteiger partial charge in [-0.05, 0) is 68.1 Å². The van der Waals surface area contributed by atoms with Crippen LogP contribution in [0.2, 0.25) is 0 Å². The number of aromatic nitrogens is 3. The fraction of sp³-hybridized carbons (Fsp3) is 0.867. The van der Waals surface area contributed by atoms with Crippen molar-refractivity contribution in [3.8, 4) is 0 Å². The van der Waals surface area contributed by atoms with Gasteiger partial charge in [0.05, 0.1) is 17.9 Å². The average molecular weight is 275 g/mol. The number of hydrogen-bond acceptors (Lipinski definition) is 4. The van der Waals surface area contributed by atoms with Gasteiger partial charge in [-0.2, -0.15) is 0 Å². The van der Waals surface area contributed by atoms with Crippen molar-refractivity contribution in [3.05, 3.63) is 11.9 Å². The lowest BCUT2D eigenvalue weighted by atomic mass is 9.48. The summed E-state index contributed by atoms with van der Waals surface area (Å²) < 4.78 is 1.85. The largest absolute Gasteiger partial charge is 0.271 e. The first kappa shape index (κ1) is 12.8. The molecule has 0 aromatic carbocycles. The van der Waals surface area contributed by atoms with Gasteiger partial charge in [0.25, 0.3) is 0 Å². The summed E-state index contributed by atoms with van der Waals surface area (Å²) in [5, 5.41) is 8.05. The number of aryl methyl sites for hydroxylation is 1. The van der Waals surface area contributed by atoms with E-state index in [0.29, 0.717) is 5.41 Å². The lowest BCUT2D eigenvalue weighted by Gasteiger charge is -2.57. The summed E-state index contributed by atoms with van der Waals surface area (Å²) >= 11 is 0. The van der Waals surface area contributed by atoms with Gasteiger partial charge in [0.15, 0.2) is 0 Å². The minimum absolute atomic E-state index is 0.186. The van der Waals surface area contributed by atoms with Crippen LogP contribution in [0.3, 0.4) is 0 Å². The van der Waals surface area contributed by atoms with Gasteiger partial charge in [-0.25, -0.2) is 0 Å². The number of nitrogens with two attached hydrogens (primary N) is 1. The topological polar surface area (TPSA) is 68.8 Å². The third-order valence-electron chi connectivity index (χ3n) is 6.11. The molecule has 5 nitrogen and oxygen atoms in total. The van der Waals surface area contributed by atoms with Crippen LogP contribution in [-0.2, 0) is 7.05 Å². The molecule has 1 heterocycles. The van der Waals surface area contributed by atoms with E-state index in [-0.39, 0.29) is 6.04 Å². The highest BCUT2D eigenvalue weighted by Crippen LogP contribution is 2.62. The summed E-state index contributed by atoms with van der Waals surface area (Å²) in [4.78, 5) is 0.